The molecule has 5 nitrogen and oxygen atoms in total. The minimum absolute atomic E-state index is 0.0644. The van der Waals surface area contributed by atoms with Gasteiger partial charge in [-0.2, -0.15) is 13.2 Å². The van der Waals surface area contributed by atoms with E-state index < -0.39 is 18.1 Å². The van der Waals surface area contributed by atoms with Crippen LogP contribution in [0.15, 0.2) is 23.7 Å². The molecule has 1 amide bonds. The molecule has 0 radical (unpaired) electrons. The predicted octanol–water partition coefficient (Wildman–Crippen LogP) is 2.81. The minimum atomic E-state index is -4.67. The monoisotopic (exact) mass is 336 g/mol. The molecule has 10 heteroatoms. The number of rotatable bonds is 3. The van der Waals surface area contributed by atoms with Crippen molar-refractivity contribution >= 4 is 34.7 Å². The number of alkyl halides is 3. The molecule has 0 saturated carbocycles. The summed E-state index contributed by atoms with van der Waals surface area (Å²) in [5, 5.41) is 2.92. The molecule has 0 fully saturated rings. The van der Waals surface area contributed by atoms with E-state index in [1.807, 2.05) is 5.32 Å². The van der Waals surface area contributed by atoms with Gasteiger partial charge in [-0.25, -0.2) is 9.97 Å². The fourth-order valence-electron chi connectivity index (χ4n) is 1.52. The van der Waals surface area contributed by atoms with Crippen molar-refractivity contribution < 1.29 is 18.0 Å². The lowest BCUT2D eigenvalue weighted by atomic mass is 10.2. The van der Waals surface area contributed by atoms with Gasteiger partial charge in [0.25, 0.3) is 5.91 Å². The molecule has 3 N–H and O–H groups in total. The Bertz CT molecular complexity index is 627. The first-order valence-electron chi connectivity index (χ1n) is 5.47. The smallest absolute Gasteiger partial charge is 0.384 e. The number of hydrogen-bond acceptors (Lipinski definition) is 5. The summed E-state index contributed by atoms with van der Waals surface area (Å²) < 4.78 is 39.0. The summed E-state index contributed by atoms with van der Waals surface area (Å²) in [7, 11) is 0. The Morgan fingerprint density at radius 3 is 2.67 bits per heavy atom. The van der Waals surface area contributed by atoms with Gasteiger partial charge in [-0.1, -0.05) is 11.6 Å². The van der Waals surface area contributed by atoms with Crippen molar-refractivity contribution in [3.8, 4) is 0 Å². The van der Waals surface area contributed by atoms with Crippen molar-refractivity contribution in [3.05, 3.63) is 39.4 Å². The molecule has 1 unspecified atom stereocenters. The molecule has 2 heterocycles. The topological polar surface area (TPSA) is 80.9 Å². The fourth-order valence-corrected chi connectivity index (χ4v) is 2.45. The molecule has 0 spiro atoms. The van der Waals surface area contributed by atoms with Gasteiger partial charge >= 0.3 is 6.18 Å². The molecule has 0 aliphatic carbocycles. The standard InChI is InChI=1S/C11H8ClF3N4OS/c12-6-3-5(4-7(16)18-6)9(20)19-8(11(13,14)15)10-17-1-2-21-10/h1-4,8H,(H2,16,18)(H,19,20). The number of nitrogens with zero attached hydrogens (tertiary/aromatic N) is 2. The van der Waals surface area contributed by atoms with Gasteiger partial charge in [0.2, 0.25) is 0 Å². The van der Waals surface area contributed by atoms with Crippen LogP contribution in [0.1, 0.15) is 21.4 Å². The van der Waals surface area contributed by atoms with Gasteiger partial charge in [0.15, 0.2) is 6.04 Å². The predicted molar refractivity (Wildman–Crippen MR) is 72.0 cm³/mol. The highest BCUT2D eigenvalue weighted by Gasteiger charge is 2.43. The van der Waals surface area contributed by atoms with Gasteiger partial charge in [-0.05, 0) is 12.1 Å². The van der Waals surface area contributed by atoms with Crippen LogP contribution in [-0.2, 0) is 0 Å². The highest BCUT2D eigenvalue weighted by molar-refractivity contribution is 7.09. The number of nitrogens with two attached hydrogens (primary N) is 1. The molecule has 2 rings (SSSR count). The van der Waals surface area contributed by atoms with Crippen LogP contribution in [0.5, 0.6) is 0 Å². The van der Waals surface area contributed by atoms with Gasteiger partial charge in [0, 0.05) is 17.1 Å². The Kier molecular flexibility index (Phi) is 4.33. The molecule has 0 aromatic carbocycles. The molecule has 112 valence electrons. The first-order chi connectivity index (χ1) is 9.77. The van der Waals surface area contributed by atoms with Crippen LogP contribution in [0.3, 0.4) is 0 Å². The Morgan fingerprint density at radius 1 is 1.43 bits per heavy atom. The van der Waals surface area contributed by atoms with Crippen molar-refractivity contribution in [2.24, 2.45) is 0 Å². The number of anilines is 1. The van der Waals surface area contributed by atoms with Crippen LogP contribution < -0.4 is 11.1 Å². The van der Waals surface area contributed by atoms with Crippen LogP contribution in [0.4, 0.5) is 19.0 Å². The van der Waals surface area contributed by atoms with Crippen molar-refractivity contribution in [1.29, 1.82) is 0 Å². The van der Waals surface area contributed by atoms with E-state index in [2.05, 4.69) is 9.97 Å². The Labute approximate surface area is 126 Å². The summed E-state index contributed by atoms with van der Waals surface area (Å²) in [6.45, 7) is 0. The number of halogens is 4. The molecule has 0 bridgehead atoms. The molecular weight excluding hydrogens is 329 g/mol. The van der Waals surface area contributed by atoms with Crippen LogP contribution >= 0.6 is 22.9 Å². The summed E-state index contributed by atoms with van der Waals surface area (Å²) in [5.74, 6) is -1.03. The van der Waals surface area contributed by atoms with Crippen LogP contribution in [-0.4, -0.2) is 22.1 Å². The summed E-state index contributed by atoms with van der Waals surface area (Å²) in [5.41, 5.74) is 5.29. The highest BCUT2D eigenvalue weighted by atomic mass is 35.5. The first kappa shape index (κ1) is 15.5. The average Bonchev–Trinajstić information content (AvgIpc) is 2.86. The molecule has 2 aromatic rings. The summed E-state index contributed by atoms with van der Waals surface area (Å²) in [6, 6.07) is 0.0668. The van der Waals surface area contributed by atoms with Crippen molar-refractivity contribution in [1.82, 2.24) is 15.3 Å². The van der Waals surface area contributed by atoms with Gasteiger partial charge < -0.3 is 11.1 Å². The average molecular weight is 337 g/mol. The lowest BCUT2D eigenvalue weighted by Crippen LogP contribution is -2.38. The fraction of sp³-hybridized carbons (Fsp3) is 0.182. The Hall–Kier alpha value is -1.87. The summed E-state index contributed by atoms with van der Waals surface area (Å²) in [4.78, 5) is 19.1. The number of aromatic nitrogens is 2. The second kappa shape index (κ2) is 5.86. The largest absolute Gasteiger partial charge is 0.415 e. The van der Waals surface area contributed by atoms with Crippen LogP contribution in [0.25, 0.3) is 0 Å². The number of amides is 1. The SMILES string of the molecule is Nc1cc(C(=O)NC(c2nccs2)C(F)(F)F)cc(Cl)n1. The summed E-state index contributed by atoms with van der Waals surface area (Å²) >= 11 is 6.41. The minimum Gasteiger partial charge on any atom is -0.384 e. The van der Waals surface area contributed by atoms with Gasteiger partial charge in [-0.3, -0.25) is 4.79 Å². The number of hydrogen-bond donors (Lipinski definition) is 2. The van der Waals surface area contributed by atoms with E-state index in [1.54, 1.807) is 0 Å². The first-order valence-corrected chi connectivity index (χ1v) is 6.73. The van der Waals surface area contributed by atoms with Crippen molar-refractivity contribution in [2.75, 3.05) is 5.73 Å². The quantitative estimate of drug-likeness (QED) is 0.844. The molecule has 2 aromatic heterocycles. The number of nitrogens with one attached hydrogen (secondary N) is 1. The van der Waals surface area contributed by atoms with E-state index in [0.29, 0.717) is 0 Å². The number of nitrogen functional groups attached to an aromatic ring is 1. The Balaban J connectivity index is 2.27. The van der Waals surface area contributed by atoms with E-state index >= 15 is 0 Å². The van der Waals surface area contributed by atoms with E-state index in [9.17, 15) is 18.0 Å². The zero-order valence-electron chi connectivity index (χ0n) is 10.2. The molecular formula is C11H8ClF3N4OS. The normalized spacial score (nSPS) is 13.0. The number of thiazole rings is 1. The maximum absolute atomic E-state index is 13.0. The van der Waals surface area contributed by atoms with Gasteiger partial charge in [-0.15, -0.1) is 11.3 Å². The van der Waals surface area contributed by atoms with E-state index in [0.717, 1.165) is 23.5 Å². The number of carbonyl (C=O) groups excluding carboxylic acids is 1. The number of carbonyl (C=O) groups is 1. The second-order valence-electron chi connectivity index (χ2n) is 3.92. The third kappa shape index (κ3) is 3.82. The zero-order valence-corrected chi connectivity index (χ0v) is 11.8. The van der Waals surface area contributed by atoms with Crippen LogP contribution in [0, 0.1) is 0 Å². The third-order valence-electron chi connectivity index (χ3n) is 2.38. The van der Waals surface area contributed by atoms with Gasteiger partial charge in [0.05, 0.1) is 0 Å². The van der Waals surface area contributed by atoms with Crippen molar-refractivity contribution in [3.63, 3.8) is 0 Å². The maximum Gasteiger partial charge on any atom is 0.415 e. The lowest BCUT2D eigenvalue weighted by molar-refractivity contribution is -0.155. The number of pyridine rings is 1. The van der Waals surface area contributed by atoms with E-state index in [4.69, 9.17) is 17.3 Å². The lowest BCUT2D eigenvalue weighted by Gasteiger charge is -2.19. The highest BCUT2D eigenvalue weighted by Crippen LogP contribution is 2.33. The zero-order chi connectivity index (χ0) is 15.6. The molecule has 0 aliphatic heterocycles. The molecule has 0 aliphatic rings. The third-order valence-corrected chi connectivity index (χ3v) is 3.41. The maximum atomic E-state index is 13.0. The van der Waals surface area contributed by atoms with E-state index in [-0.39, 0.29) is 21.5 Å². The molecule has 0 saturated heterocycles. The van der Waals surface area contributed by atoms with E-state index in [1.165, 1.54) is 11.6 Å². The van der Waals surface area contributed by atoms with Crippen molar-refractivity contribution in [2.45, 2.75) is 12.2 Å². The molecule has 21 heavy (non-hydrogen) atoms. The second-order valence-corrected chi connectivity index (χ2v) is 5.24. The van der Waals surface area contributed by atoms with Crippen LogP contribution in [0.2, 0.25) is 5.15 Å². The van der Waals surface area contributed by atoms with Gasteiger partial charge in [0.1, 0.15) is 16.0 Å². The summed E-state index contributed by atoms with van der Waals surface area (Å²) in [6.07, 6.45) is -3.44. The Morgan fingerprint density at radius 2 is 2.14 bits per heavy atom. The molecule has 1 atom stereocenters.